The van der Waals surface area contributed by atoms with Gasteiger partial charge >= 0.3 is 6.18 Å². The third-order valence-electron chi connectivity index (χ3n) is 3.58. The maximum Gasteiger partial charge on any atom is 0.416 e. The molecule has 0 radical (unpaired) electrons. The molecule has 1 heterocycles. The molecule has 1 aromatic carbocycles. The van der Waals surface area contributed by atoms with E-state index in [1.54, 1.807) is 11.0 Å². The van der Waals surface area contributed by atoms with Crippen molar-refractivity contribution in [3.8, 4) is 0 Å². The molecule has 20 heavy (non-hydrogen) atoms. The maximum absolute atomic E-state index is 12.6. The normalized spacial score (nSPS) is 19.4. The second-order valence-corrected chi connectivity index (χ2v) is 4.99. The van der Waals surface area contributed by atoms with Crippen molar-refractivity contribution in [3.63, 3.8) is 0 Å². The highest BCUT2D eigenvalue weighted by atomic mass is 19.4. The molecule has 1 fully saturated rings. The van der Waals surface area contributed by atoms with Gasteiger partial charge < -0.3 is 10.6 Å². The van der Waals surface area contributed by atoms with Crippen LogP contribution in [0.3, 0.4) is 0 Å². The molecule has 1 amide bonds. The molecule has 1 unspecified atom stereocenters. The average Bonchev–Trinajstić information content (AvgIpc) is 2.86. The van der Waals surface area contributed by atoms with Crippen LogP contribution >= 0.6 is 0 Å². The van der Waals surface area contributed by atoms with E-state index in [0.29, 0.717) is 18.7 Å². The second kappa shape index (κ2) is 5.83. The number of carbonyl (C=O) groups is 1. The lowest BCUT2D eigenvalue weighted by molar-refractivity contribution is -0.138. The summed E-state index contributed by atoms with van der Waals surface area (Å²) >= 11 is 0. The summed E-state index contributed by atoms with van der Waals surface area (Å²) in [6.45, 7) is 1.04. The van der Waals surface area contributed by atoms with Crippen LogP contribution in [0, 0.1) is 0 Å². The van der Waals surface area contributed by atoms with E-state index in [-0.39, 0.29) is 18.4 Å². The van der Waals surface area contributed by atoms with E-state index in [1.165, 1.54) is 6.07 Å². The van der Waals surface area contributed by atoms with Gasteiger partial charge in [0.05, 0.1) is 12.0 Å². The maximum atomic E-state index is 12.6. The summed E-state index contributed by atoms with van der Waals surface area (Å²) < 4.78 is 37.8. The van der Waals surface area contributed by atoms with E-state index in [2.05, 4.69) is 0 Å². The fraction of sp³-hybridized carbons (Fsp3) is 0.500. The lowest BCUT2D eigenvalue weighted by Crippen LogP contribution is -2.40. The summed E-state index contributed by atoms with van der Waals surface area (Å²) in [6.07, 6.45) is -2.63. The Bertz CT molecular complexity index is 488. The average molecular weight is 286 g/mol. The highest BCUT2D eigenvalue weighted by molar-refractivity contribution is 5.79. The van der Waals surface area contributed by atoms with Crippen LogP contribution in [0.2, 0.25) is 0 Å². The number of amides is 1. The molecule has 1 saturated heterocycles. The first kappa shape index (κ1) is 14.8. The first-order valence-corrected chi connectivity index (χ1v) is 6.57. The lowest BCUT2D eigenvalue weighted by Gasteiger charge is -2.23. The van der Waals surface area contributed by atoms with E-state index >= 15 is 0 Å². The number of hydrogen-bond donors (Lipinski definition) is 1. The summed E-state index contributed by atoms with van der Waals surface area (Å²) in [5.41, 5.74) is 5.25. The number of hydrogen-bond acceptors (Lipinski definition) is 2. The predicted octanol–water partition coefficient (Wildman–Crippen LogP) is 2.20. The van der Waals surface area contributed by atoms with Crippen LogP contribution in [0.25, 0.3) is 0 Å². The quantitative estimate of drug-likeness (QED) is 0.926. The second-order valence-electron chi connectivity index (χ2n) is 4.99. The molecule has 2 N–H and O–H groups in total. The molecule has 2 rings (SSSR count). The molecule has 0 saturated carbocycles. The highest BCUT2D eigenvalue weighted by Gasteiger charge is 2.31. The van der Waals surface area contributed by atoms with Crippen LogP contribution in [-0.4, -0.2) is 29.9 Å². The zero-order chi connectivity index (χ0) is 14.8. The molecular formula is C14H17F3N2O. The summed E-state index contributed by atoms with van der Waals surface area (Å²) in [5, 5.41) is 0. The Balaban J connectivity index is 2.08. The first-order valence-electron chi connectivity index (χ1n) is 6.57. The van der Waals surface area contributed by atoms with Gasteiger partial charge in [0.2, 0.25) is 5.91 Å². The van der Waals surface area contributed by atoms with Gasteiger partial charge in [0.25, 0.3) is 0 Å². The third kappa shape index (κ3) is 3.30. The Morgan fingerprint density at radius 2 is 2.15 bits per heavy atom. The van der Waals surface area contributed by atoms with E-state index in [4.69, 9.17) is 5.73 Å². The van der Waals surface area contributed by atoms with Gasteiger partial charge in [-0.15, -0.1) is 0 Å². The molecule has 1 aliphatic rings. The Morgan fingerprint density at radius 3 is 2.80 bits per heavy atom. The standard InChI is InChI=1S/C14H17F3N2O/c15-14(16,17)11-4-1-3-10(7-11)8-13(20)19-6-2-5-12(19)9-18/h1,3-4,7,12H,2,5-6,8-9,18H2. The predicted molar refractivity (Wildman–Crippen MR) is 68.9 cm³/mol. The van der Waals surface area contributed by atoms with Crippen molar-refractivity contribution in [2.24, 2.45) is 5.73 Å². The number of nitrogens with zero attached hydrogens (tertiary/aromatic N) is 1. The summed E-state index contributed by atoms with van der Waals surface area (Å²) in [5.74, 6) is -0.155. The summed E-state index contributed by atoms with van der Waals surface area (Å²) in [6, 6.07) is 4.93. The molecule has 1 atom stereocenters. The van der Waals surface area contributed by atoms with Crippen molar-refractivity contribution in [2.45, 2.75) is 31.5 Å². The molecule has 0 aliphatic carbocycles. The van der Waals surface area contributed by atoms with E-state index in [9.17, 15) is 18.0 Å². The Labute approximate surface area is 115 Å². The van der Waals surface area contributed by atoms with Crippen molar-refractivity contribution in [2.75, 3.05) is 13.1 Å². The molecule has 3 nitrogen and oxygen atoms in total. The largest absolute Gasteiger partial charge is 0.416 e. The van der Waals surface area contributed by atoms with E-state index < -0.39 is 11.7 Å². The SMILES string of the molecule is NCC1CCCN1C(=O)Cc1cccc(C(F)(F)F)c1. The van der Waals surface area contributed by atoms with Crippen LogP contribution in [-0.2, 0) is 17.4 Å². The van der Waals surface area contributed by atoms with Crippen molar-refractivity contribution >= 4 is 5.91 Å². The minimum absolute atomic E-state index is 0.0135. The number of rotatable bonds is 3. The Hall–Kier alpha value is -1.56. The van der Waals surface area contributed by atoms with Crippen molar-refractivity contribution in [3.05, 3.63) is 35.4 Å². The summed E-state index contributed by atoms with van der Waals surface area (Å²) in [7, 11) is 0. The molecule has 1 aliphatic heterocycles. The molecular weight excluding hydrogens is 269 g/mol. The van der Waals surface area contributed by atoms with Gasteiger partial charge in [-0.25, -0.2) is 0 Å². The van der Waals surface area contributed by atoms with Crippen molar-refractivity contribution in [1.82, 2.24) is 4.90 Å². The molecule has 0 bridgehead atoms. The van der Waals surface area contributed by atoms with Crippen LogP contribution in [0.15, 0.2) is 24.3 Å². The Morgan fingerprint density at radius 1 is 1.40 bits per heavy atom. The van der Waals surface area contributed by atoms with Gasteiger partial charge in [-0.2, -0.15) is 13.2 Å². The number of nitrogens with two attached hydrogens (primary N) is 1. The van der Waals surface area contributed by atoms with Gasteiger partial charge in [-0.3, -0.25) is 4.79 Å². The van der Waals surface area contributed by atoms with Gasteiger partial charge in [0, 0.05) is 19.1 Å². The lowest BCUT2D eigenvalue weighted by atomic mass is 10.1. The van der Waals surface area contributed by atoms with Crippen LogP contribution in [0.1, 0.15) is 24.0 Å². The minimum atomic E-state index is -4.38. The smallest absolute Gasteiger partial charge is 0.338 e. The van der Waals surface area contributed by atoms with E-state index in [0.717, 1.165) is 25.0 Å². The summed E-state index contributed by atoms with van der Waals surface area (Å²) in [4.78, 5) is 13.8. The number of carbonyl (C=O) groups excluding carboxylic acids is 1. The number of alkyl halides is 3. The van der Waals surface area contributed by atoms with Crippen LogP contribution < -0.4 is 5.73 Å². The fourth-order valence-corrected chi connectivity index (χ4v) is 2.54. The van der Waals surface area contributed by atoms with Gasteiger partial charge in [-0.1, -0.05) is 18.2 Å². The number of likely N-dealkylation sites (tertiary alicyclic amines) is 1. The van der Waals surface area contributed by atoms with Gasteiger partial charge in [0.15, 0.2) is 0 Å². The van der Waals surface area contributed by atoms with Gasteiger partial charge in [0.1, 0.15) is 0 Å². The molecule has 0 aromatic heterocycles. The highest BCUT2D eigenvalue weighted by Crippen LogP contribution is 2.29. The Kier molecular flexibility index (Phi) is 4.32. The zero-order valence-electron chi connectivity index (χ0n) is 11.0. The molecule has 0 spiro atoms. The molecule has 6 heteroatoms. The van der Waals surface area contributed by atoms with Crippen molar-refractivity contribution < 1.29 is 18.0 Å². The van der Waals surface area contributed by atoms with Gasteiger partial charge in [-0.05, 0) is 24.5 Å². The van der Waals surface area contributed by atoms with E-state index in [1.807, 2.05) is 0 Å². The minimum Gasteiger partial charge on any atom is -0.338 e. The monoisotopic (exact) mass is 286 g/mol. The van der Waals surface area contributed by atoms with Crippen molar-refractivity contribution in [1.29, 1.82) is 0 Å². The topological polar surface area (TPSA) is 46.3 Å². The molecule has 110 valence electrons. The number of benzene rings is 1. The first-order chi connectivity index (χ1) is 9.41. The fourth-order valence-electron chi connectivity index (χ4n) is 2.54. The van der Waals surface area contributed by atoms with Crippen LogP contribution in [0.4, 0.5) is 13.2 Å². The third-order valence-corrected chi connectivity index (χ3v) is 3.58. The zero-order valence-corrected chi connectivity index (χ0v) is 11.0. The van der Waals surface area contributed by atoms with Crippen LogP contribution in [0.5, 0.6) is 0 Å². The number of halogens is 3. The molecule has 1 aromatic rings.